The van der Waals surface area contributed by atoms with Crippen molar-refractivity contribution in [3.8, 4) is 0 Å². The van der Waals surface area contributed by atoms with Gasteiger partial charge in [0.25, 0.3) is 0 Å². The highest BCUT2D eigenvalue weighted by atomic mass is 19.1. The normalized spacial score (nSPS) is 19.1. The third-order valence-electron chi connectivity index (χ3n) is 5.93. The number of rotatable bonds is 5. The zero-order valence-corrected chi connectivity index (χ0v) is 18.7. The molecule has 2 unspecified atom stereocenters. The van der Waals surface area contributed by atoms with Gasteiger partial charge < -0.3 is 10.5 Å². The van der Waals surface area contributed by atoms with E-state index in [4.69, 9.17) is 5.73 Å². The first kappa shape index (κ1) is 22.9. The Morgan fingerprint density at radius 2 is 1.94 bits per heavy atom. The van der Waals surface area contributed by atoms with Gasteiger partial charge in [-0.2, -0.15) is 0 Å². The second-order valence-corrected chi connectivity index (χ2v) is 8.65. The average molecular weight is 429 g/mol. The van der Waals surface area contributed by atoms with Gasteiger partial charge in [0.2, 0.25) is 0 Å². The monoisotopic (exact) mass is 428 g/mol. The molecule has 31 heavy (non-hydrogen) atoms. The second-order valence-electron chi connectivity index (χ2n) is 8.65. The number of hydrogen-bond donors (Lipinski definition) is 1. The number of anilines is 1. The standard InChI is InChI=1S/C25H30F2N2O2/c1-14(2)13-29-15(3)10-19-16(4)22(28)8-7-18(19)25(29)24-20(26)11-17(12-21(24)27)6-9-23(30)31-5/h6-9,11-12,14-15,25H,10,13,28H2,1-5H3/b9-6+. The summed E-state index contributed by atoms with van der Waals surface area (Å²) in [7, 11) is 1.25. The summed E-state index contributed by atoms with van der Waals surface area (Å²) >= 11 is 0. The molecule has 1 aliphatic heterocycles. The van der Waals surface area contributed by atoms with E-state index in [1.54, 1.807) is 0 Å². The van der Waals surface area contributed by atoms with Crippen molar-refractivity contribution in [2.75, 3.05) is 19.4 Å². The van der Waals surface area contributed by atoms with Crippen molar-refractivity contribution in [3.05, 3.63) is 69.8 Å². The molecule has 1 heterocycles. The SMILES string of the molecule is COC(=O)/C=C/c1cc(F)c(C2c3ccc(N)c(C)c3CC(C)N2CC(C)C)c(F)c1. The van der Waals surface area contributed by atoms with Crippen molar-refractivity contribution >= 4 is 17.7 Å². The lowest BCUT2D eigenvalue weighted by Gasteiger charge is -2.44. The molecule has 0 aliphatic carbocycles. The number of carbonyl (C=O) groups excluding carboxylic acids is 1. The van der Waals surface area contributed by atoms with Crippen LogP contribution in [0.2, 0.25) is 0 Å². The lowest BCUT2D eigenvalue weighted by atomic mass is 9.81. The van der Waals surface area contributed by atoms with Gasteiger partial charge in [-0.1, -0.05) is 19.9 Å². The molecule has 0 aromatic heterocycles. The molecule has 2 N–H and O–H groups in total. The minimum atomic E-state index is -0.641. The van der Waals surface area contributed by atoms with Crippen molar-refractivity contribution in [2.24, 2.45) is 5.92 Å². The van der Waals surface area contributed by atoms with Gasteiger partial charge in [0.15, 0.2) is 0 Å². The number of benzene rings is 2. The number of nitrogen functional groups attached to an aromatic ring is 1. The first-order valence-electron chi connectivity index (χ1n) is 10.5. The van der Waals surface area contributed by atoms with Crippen molar-refractivity contribution in [1.29, 1.82) is 0 Å². The number of halogens is 2. The maximum absolute atomic E-state index is 15.4. The van der Waals surface area contributed by atoms with Crippen LogP contribution in [-0.4, -0.2) is 30.6 Å². The molecule has 3 rings (SSSR count). The third kappa shape index (κ3) is 4.64. The van der Waals surface area contributed by atoms with Crippen LogP contribution >= 0.6 is 0 Å². The number of methoxy groups -OCH3 is 1. The molecule has 0 spiro atoms. The Hall–Kier alpha value is -2.73. The van der Waals surface area contributed by atoms with Crippen LogP contribution in [0.5, 0.6) is 0 Å². The zero-order chi connectivity index (χ0) is 22.9. The van der Waals surface area contributed by atoms with E-state index in [0.29, 0.717) is 18.2 Å². The molecule has 166 valence electrons. The molecule has 0 fully saturated rings. The van der Waals surface area contributed by atoms with E-state index in [2.05, 4.69) is 30.4 Å². The molecule has 2 aromatic carbocycles. The highest BCUT2D eigenvalue weighted by Gasteiger charge is 2.37. The van der Waals surface area contributed by atoms with Gasteiger partial charge in [0.1, 0.15) is 11.6 Å². The second kappa shape index (κ2) is 9.18. The van der Waals surface area contributed by atoms with Gasteiger partial charge in [-0.25, -0.2) is 13.6 Å². The number of fused-ring (bicyclic) bond motifs is 1. The van der Waals surface area contributed by atoms with Crippen molar-refractivity contribution in [1.82, 2.24) is 4.90 Å². The summed E-state index contributed by atoms with van der Waals surface area (Å²) in [4.78, 5) is 13.5. The van der Waals surface area contributed by atoms with Crippen LogP contribution < -0.4 is 5.73 Å². The molecule has 0 saturated carbocycles. The summed E-state index contributed by atoms with van der Waals surface area (Å²) in [5.74, 6) is -1.54. The molecular formula is C25H30F2N2O2. The number of nitrogens with two attached hydrogens (primary N) is 1. The molecule has 4 nitrogen and oxygen atoms in total. The van der Waals surface area contributed by atoms with Crippen LogP contribution in [0.15, 0.2) is 30.3 Å². The maximum Gasteiger partial charge on any atom is 0.330 e. The summed E-state index contributed by atoms with van der Waals surface area (Å²) in [6.07, 6.45) is 3.26. The van der Waals surface area contributed by atoms with Gasteiger partial charge in [-0.15, -0.1) is 0 Å². The van der Waals surface area contributed by atoms with Crippen LogP contribution in [0.4, 0.5) is 14.5 Å². The van der Waals surface area contributed by atoms with E-state index in [9.17, 15) is 4.79 Å². The van der Waals surface area contributed by atoms with E-state index in [-0.39, 0.29) is 17.2 Å². The number of nitrogens with zero attached hydrogens (tertiary/aromatic N) is 1. The van der Waals surface area contributed by atoms with Crippen molar-refractivity contribution in [3.63, 3.8) is 0 Å². The lowest BCUT2D eigenvalue weighted by molar-refractivity contribution is -0.134. The molecule has 2 atom stereocenters. The summed E-state index contributed by atoms with van der Waals surface area (Å²) in [6, 6.07) is 5.76. The molecule has 2 aromatic rings. The number of esters is 1. The van der Waals surface area contributed by atoms with Crippen LogP contribution in [-0.2, 0) is 16.0 Å². The van der Waals surface area contributed by atoms with Gasteiger partial charge in [0.05, 0.1) is 13.2 Å². The molecule has 1 aliphatic rings. The highest BCUT2D eigenvalue weighted by Crippen LogP contribution is 2.42. The molecule has 0 radical (unpaired) electrons. The molecule has 6 heteroatoms. The Kier molecular flexibility index (Phi) is 6.80. The van der Waals surface area contributed by atoms with Crippen LogP contribution in [0.3, 0.4) is 0 Å². The predicted octanol–water partition coefficient (Wildman–Crippen LogP) is 5.03. The molecule has 0 bridgehead atoms. The minimum Gasteiger partial charge on any atom is -0.466 e. The van der Waals surface area contributed by atoms with Gasteiger partial charge >= 0.3 is 5.97 Å². The molecular weight excluding hydrogens is 398 g/mol. The minimum absolute atomic E-state index is 0.0211. The zero-order valence-electron chi connectivity index (χ0n) is 18.7. The predicted molar refractivity (Wildman–Crippen MR) is 120 cm³/mol. The summed E-state index contributed by atoms with van der Waals surface area (Å²) in [5.41, 5.74) is 10.0. The van der Waals surface area contributed by atoms with Crippen molar-refractivity contribution < 1.29 is 18.3 Å². The topological polar surface area (TPSA) is 55.6 Å². The van der Waals surface area contributed by atoms with Crippen LogP contribution in [0.1, 0.15) is 54.6 Å². The Labute approximate surface area is 182 Å². The Morgan fingerprint density at radius 3 is 2.52 bits per heavy atom. The molecule has 0 amide bonds. The van der Waals surface area contributed by atoms with Crippen LogP contribution in [0, 0.1) is 24.5 Å². The quantitative estimate of drug-likeness (QED) is 0.412. The third-order valence-corrected chi connectivity index (χ3v) is 5.93. The first-order valence-corrected chi connectivity index (χ1v) is 10.5. The van der Waals surface area contributed by atoms with Crippen molar-refractivity contribution in [2.45, 2.75) is 46.2 Å². The fourth-order valence-corrected chi connectivity index (χ4v) is 4.39. The van der Waals surface area contributed by atoms with Gasteiger partial charge in [0, 0.05) is 29.9 Å². The summed E-state index contributed by atoms with van der Waals surface area (Å²) in [5, 5.41) is 0. The Bertz CT molecular complexity index is 994. The molecule has 0 saturated heterocycles. The Morgan fingerprint density at radius 1 is 1.29 bits per heavy atom. The lowest BCUT2D eigenvalue weighted by Crippen LogP contribution is -2.45. The van der Waals surface area contributed by atoms with E-state index >= 15 is 8.78 Å². The number of hydrogen-bond acceptors (Lipinski definition) is 4. The van der Waals surface area contributed by atoms with E-state index < -0.39 is 23.6 Å². The fraction of sp³-hybridized carbons (Fsp3) is 0.400. The number of ether oxygens (including phenoxy) is 1. The average Bonchev–Trinajstić information content (AvgIpc) is 2.70. The summed E-state index contributed by atoms with van der Waals surface area (Å²) in [6.45, 7) is 8.95. The van der Waals surface area contributed by atoms with E-state index in [0.717, 1.165) is 29.2 Å². The largest absolute Gasteiger partial charge is 0.466 e. The Balaban J connectivity index is 2.17. The van der Waals surface area contributed by atoms with Gasteiger partial charge in [-0.3, -0.25) is 4.90 Å². The fourth-order valence-electron chi connectivity index (χ4n) is 4.39. The highest BCUT2D eigenvalue weighted by molar-refractivity contribution is 5.86. The first-order chi connectivity index (χ1) is 14.6. The van der Waals surface area contributed by atoms with E-state index in [1.807, 2.05) is 19.1 Å². The smallest absolute Gasteiger partial charge is 0.330 e. The number of carbonyl (C=O) groups is 1. The maximum atomic E-state index is 15.4. The van der Waals surface area contributed by atoms with Gasteiger partial charge in [-0.05, 0) is 72.7 Å². The van der Waals surface area contributed by atoms with E-state index in [1.165, 1.54) is 25.3 Å². The summed E-state index contributed by atoms with van der Waals surface area (Å²) < 4.78 is 35.3. The van der Waals surface area contributed by atoms with Crippen LogP contribution in [0.25, 0.3) is 6.08 Å².